The number of imide groups is 1. The van der Waals surface area contributed by atoms with E-state index in [0.717, 1.165) is 16.9 Å². The van der Waals surface area contributed by atoms with Gasteiger partial charge in [-0.3, -0.25) is 14.5 Å². The van der Waals surface area contributed by atoms with E-state index in [2.05, 4.69) is 0 Å². The van der Waals surface area contributed by atoms with Gasteiger partial charge in [0.2, 0.25) is 11.8 Å². The Labute approximate surface area is 146 Å². The first kappa shape index (κ1) is 16.1. The van der Waals surface area contributed by atoms with Gasteiger partial charge in [-0.05, 0) is 35.8 Å². The Morgan fingerprint density at radius 1 is 1.12 bits per heavy atom. The third kappa shape index (κ3) is 2.49. The lowest BCUT2D eigenvalue weighted by atomic mass is 9.85. The topological polar surface area (TPSA) is 63.7 Å². The first-order chi connectivity index (χ1) is 12.0. The highest BCUT2D eigenvalue weighted by atomic mass is 16.5. The molecule has 3 aliphatic rings. The molecule has 2 aliphatic carbocycles. The van der Waals surface area contributed by atoms with E-state index < -0.39 is 5.97 Å². The fourth-order valence-electron chi connectivity index (χ4n) is 4.45. The summed E-state index contributed by atoms with van der Waals surface area (Å²) in [5.74, 6) is -0.583. The third-order valence-electron chi connectivity index (χ3n) is 5.61. The molecule has 2 fully saturated rings. The van der Waals surface area contributed by atoms with Crippen molar-refractivity contribution in [2.45, 2.75) is 26.2 Å². The maximum atomic E-state index is 12.6. The maximum Gasteiger partial charge on any atom is 0.331 e. The number of allylic oxidation sites excluding steroid dienone is 2. The lowest BCUT2D eigenvalue weighted by Gasteiger charge is -2.17. The second-order valence-electron chi connectivity index (χ2n) is 7.43. The standard InChI is InChI=1S/C20H21NO4/c1-11(2)14-5-3-4-6-15(14)25-16(22)10-21-19(23)17-12-7-8-13(9-12)18(17)20(21)24/h3-8,11-13,17-18H,9-10H2,1-2H3/t12-,13-,17+,18+/m0/s1. The van der Waals surface area contributed by atoms with Crippen LogP contribution in [0.2, 0.25) is 0 Å². The summed E-state index contributed by atoms with van der Waals surface area (Å²) >= 11 is 0. The summed E-state index contributed by atoms with van der Waals surface area (Å²) in [6.07, 6.45) is 4.96. The molecule has 130 valence electrons. The van der Waals surface area contributed by atoms with Crippen molar-refractivity contribution in [2.24, 2.45) is 23.7 Å². The monoisotopic (exact) mass is 339 g/mol. The zero-order chi connectivity index (χ0) is 17.7. The first-order valence-electron chi connectivity index (χ1n) is 8.80. The summed E-state index contributed by atoms with van der Waals surface area (Å²) in [5.41, 5.74) is 0.925. The Morgan fingerprint density at radius 2 is 1.72 bits per heavy atom. The van der Waals surface area contributed by atoms with Gasteiger partial charge in [0.1, 0.15) is 12.3 Å². The van der Waals surface area contributed by atoms with E-state index in [1.165, 1.54) is 0 Å². The number of amides is 2. The SMILES string of the molecule is CC(C)c1ccccc1OC(=O)CN1C(=O)[C@H]2[C@H](C1=O)[C@H]1C=C[C@H]2C1. The number of likely N-dealkylation sites (tertiary alicyclic amines) is 1. The zero-order valence-electron chi connectivity index (χ0n) is 14.3. The number of rotatable bonds is 4. The number of carbonyl (C=O) groups is 3. The number of ether oxygens (including phenoxy) is 1. The van der Waals surface area contributed by atoms with E-state index in [1.807, 2.05) is 38.1 Å². The molecule has 1 saturated carbocycles. The molecule has 5 heteroatoms. The van der Waals surface area contributed by atoms with Crippen molar-refractivity contribution >= 4 is 17.8 Å². The van der Waals surface area contributed by atoms with E-state index in [1.54, 1.807) is 12.1 Å². The van der Waals surface area contributed by atoms with Gasteiger partial charge in [-0.15, -0.1) is 0 Å². The Balaban J connectivity index is 1.47. The van der Waals surface area contributed by atoms with Crippen molar-refractivity contribution in [2.75, 3.05) is 6.54 Å². The van der Waals surface area contributed by atoms with Crippen LogP contribution < -0.4 is 4.74 Å². The fraction of sp³-hybridized carbons (Fsp3) is 0.450. The minimum Gasteiger partial charge on any atom is -0.425 e. The van der Waals surface area contributed by atoms with Gasteiger partial charge in [-0.25, -0.2) is 4.79 Å². The number of carbonyl (C=O) groups excluding carboxylic acids is 3. The highest BCUT2D eigenvalue weighted by Crippen LogP contribution is 2.52. The molecule has 0 aromatic heterocycles. The summed E-state index contributed by atoms with van der Waals surface area (Å²) in [6, 6.07) is 7.34. The smallest absolute Gasteiger partial charge is 0.331 e. The molecular weight excluding hydrogens is 318 g/mol. The predicted molar refractivity (Wildman–Crippen MR) is 90.6 cm³/mol. The highest BCUT2D eigenvalue weighted by molar-refractivity contribution is 6.08. The summed E-state index contributed by atoms with van der Waals surface area (Å²) < 4.78 is 5.46. The summed E-state index contributed by atoms with van der Waals surface area (Å²) in [6.45, 7) is 3.73. The minimum atomic E-state index is -0.574. The lowest BCUT2D eigenvalue weighted by molar-refractivity contribution is -0.148. The molecule has 0 N–H and O–H groups in total. The normalized spacial score (nSPS) is 29.6. The van der Waals surface area contributed by atoms with Crippen LogP contribution in [0, 0.1) is 23.7 Å². The van der Waals surface area contributed by atoms with E-state index in [9.17, 15) is 14.4 Å². The second-order valence-corrected chi connectivity index (χ2v) is 7.43. The number of benzene rings is 1. The molecule has 4 atom stereocenters. The van der Waals surface area contributed by atoms with Crippen LogP contribution in [0.5, 0.6) is 5.75 Å². The number of hydrogen-bond acceptors (Lipinski definition) is 4. The molecule has 25 heavy (non-hydrogen) atoms. The Morgan fingerprint density at radius 3 is 2.32 bits per heavy atom. The predicted octanol–water partition coefficient (Wildman–Crippen LogP) is 2.52. The Kier molecular flexibility index (Phi) is 3.74. The number of para-hydroxylation sites is 1. The van der Waals surface area contributed by atoms with Crippen LogP contribution in [0.25, 0.3) is 0 Å². The molecule has 1 aliphatic heterocycles. The molecule has 1 aromatic carbocycles. The van der Waals surface area contributed by atoms with Crippen LogP contribution in [0.4, 0.5) is 0 Å². The summed E-state index contributed by atoms with van der Waals surface area (Å²) in [5, 5.41) is 0. The molecule has 2 amide bonds. The van der Waals surface area contributed by atoms with Gasteiger partial charge in [-0.1, -0.05) is 44.2 Å². The van der Waals surface area contributed by atoms with Crippen LogP contribution in [-0.4, -0.2) is 29.2 Å². The highest BCUT2D eigenvalue weighted by Gasteiger charge is 2.59. The molecule has 0 radical (unpaired) electrons. The van der Waals surface area contributed by atoms with Crippen LogP contribution in [0.15, 0.2) is 36.4 Å². The molecule has 2 bridgehead atoms. The van der Waals surface area contributed by atoms with Crippen molar-refractivity contribution in [1.29, 1.82) is 0 Å². The fourth-order valence-corrected chi connectivity index (χ4v) is 4.45. The van der Waals surface area contributed by atoms with Crippen LogP contribution in [0.3, 0.4) is 0 Å². The average molecular weight is 339 g/mol. The lowest BCUT2D eigenvalue weighted by Crippen LogP contribution is -2.38. The van der Waals surface area contributed by atoms with Crippen LogP contribution in [-0.2, 0) is 14.4 Å². The van der Waals surface area contributed by atoms with E-state index in [0.29, 0.717) is 5.75 Å². The summed E-state index contributed by atoms with van der Waals surface area (Å²) in [4.78, 5) is 38.7. The third-order valence-corrected chi connectivity index (χ3v) is 5.61. The second kappa shape index (κ2) is 5.83. The average Bonchev–Trinajstić information content (AvgIpc) is 3.25. The molecule has 5 nitrogen and oxygen atoms in total. The molecule has 0 unspecified atom stereocenters. The Bertz CT molecular complexity index is 752. The largest absolute Gasteiger partial charge is 0.425 e. The van der Waals surface area contributed by atoms with Gasteiger partial charge in [0.05, 0.1) is 11.8 Å². The summed E-state index contributed by atoms with van der Waals surface area (Å²) in [7, 11) is 0. The Hall–Kier alpha value is -2.43. The molecule has 4 rings (SSSR count). The van der Waals surface area contributed by atoms with Crippen molar-refractivity contribution in [1.82, 2.24) is 4.90 Å². The first-order valence-corrected chi connectivity index (χ1v) is 8.80. The minimum absolute atomic E-state index is 0.147. The number of hydrogen-bond donors (Lipinski definition) is 0. The van der Waals surface area contributed by atoms with Gasteiger partial charge in [0, 0.05) is 0 Å². The molecule has 1 saturated heterocycles. The number of esters is 1. The quantitative estimate of drug-likeness (QED) is 0.366. The number of fused-ring (bicyclic) bond motifs is 5. The number of nitrogens with zero attached hydrogens (tertiary/aromatic N) is 1. The maximum absolute atomic E-state index is 12.6. The van der Waals surface area contributed by atoms with Gasteiger partial charge in [-0.2, -0.15) is 0 Å². The van der Waals surface area contributed by atoms with Crippen molar-refractivity contribution in [3.63, 3.8) is 0 Å². The van der Waals surface area contributed by atoms with Crippen molar-refractivity contribution in [3.8, 4) is 5.75 Å². The molecule has 0 spiro atoms. The van der Waals surface area contributed by atoms with E-state index in [-0.39, 0.29) is 47.9 Å². The van der Waals surface area contributed by atoms with Gasteiger partial charge < -0.3 is 4.74 Å². The zero-order valence-corrected chi connectivity index (χ0v) is 14.3. The van der Waals surface area contributed by atoms with E-state index in [4.69, 9.17) is 4.74 Å². The van der Waals surface area contributed by atoms with Crippen molar-refractivity contribution in [3.05, 3.63) is 42.0 Å². The van der Waals surface area contributed by atoms with Crippen LogP contribution >= 0.6 is 0 Å². The molecule has 1 aromatic rings. The van der Waals surface area contributed by atoms with Gasteiger partial charge in [0.15, 0.2) is 0 Å². The molecular formula is C20H21NO4. The van der Waals surface area contributed by atoms with E-state index >= 15 is 0 Å². The van der Waals surface area contributed by atoms with Crippen molar-refractivity contribution < 1.29 is 19.1 Å². The van der Waals surface area contributed by atoms with Crippen LogP contribution in [0.1, 0.15) is 31.7 Å². The van der Waals surface area contributed by atoms with Gasteiger partial charge >= 0.3 is 5.97 Å². The molecule has 1 heterocycles. The van der Waals surface area contributed by atoms with Gasteiger partial charge in [0.25, 0.3) is 0 Å².